The van der Waals surface area contributed by atoms with E-state index in [0.29, 0.717) is 13.0 Å². The Kier molecular flexibility index (Phi) is 3.35. The molecule has 1 fully saturated rings. The van der Waals surface area contributed by atoms with Crippen LogP contribution in [-0.2, 0) is 22.6 Å². The average molecular weight is 352 g/mol. The SMILES string of the molecule is CC1(C)C[C@@H]1C(=O)N1Cc2cccc(Br)c2CC1C(=O)O. The summed E-state index contributed by atoms with van der Waals surface area (Å²) in [6.07, 6.45) is 1.21. The molecule has 1 aliphatic carbocycles. The molecular formula is C16H18BrNO3. The third-order valence-corrected chi connectivity index (χ3v) is 5.45. The number of benzene rings is 1. The van der Waals surface area contributed by atoms with Gasteiger partial charge in [-0.1, -0.05) is 41.9 Å². The third kappa shape index (κ3) is 2.48. The van der Waals surface area contributed by atoms with E-state index in [1.807, 2.05) is 18.2 Å². The van der Waals surface area contributed by atoms with Crippen LogP contribution in [0.3, 0.4) is 0 Å². The van der Waals surface area contributed by atoms with Crippen molar-refractivity contribution in [3.05, 3.63) is 33.8 Å². The number of aliphatic carboxylic acids is 1. The van der Waals surface area contributed by atoms with Gasteiger partial charge in [0.2, 0.25) is 5.91 Å². The molecule has 5 heteroatoms. The summed E-state index contributed by atoms with van der Waals surface area (Å²) in [5, 5.41) is 9.50. The van der Waals surface area contributed by atoms with Crippen molar-refractivity contribution in [3.63, 3.8) is 0 Å². The van der Waals surface area contributed by atoms with Crippen LogP contribution in [0, 0.1) is 11.3 Å². The molecule has 1 amide bonds. The van der Waals surface area contributed by atoms with Crippen molar-refractivity contribution in [1.82, 2.24) is 4.90 Å². The minimum Gasteiger partial charge on any atom is -0.480 e. The maximum atomic E-state index is 12.6. The predicted octanol–water partition coefficient (Wildman–Crippen LogP) is 2.83. The molecule has 1 aromatic rings. The van der Waals surface area contributed by atoms with Crippen LogP contribution in [0.1, 0.15) is 31.4 Å². The number of rotatable bonds is 2. The number of fused-ring (bicyclic) bond motifs is 1. The maximum absolute atomic E-state index is 12.6. The largest absolute Gasteiger partial charge is 0.480 e. The summed E-state index contributed by atoms with van der Waals surface area (Å²) in [5.74, 6) is -0.978. The van der Waals surface area contributed by atoms with Gasteiger partial charge in [-0.25, -0.2) is 4.79 Å². The van der Waals surface area contributed by atoms with Crippen LogP contribution >= 0.6 is 15.9 Å². The molecule has 3 rings (SSSR count). The van der Waals surface area contributed by atoms with E-state index in [9.17, 15) is 14.7 Å². The Balaban J connectivity index is 1.93. The second-order valence-electron chi connectivity index (χ2n) is 6.65. The van der Waals surface area contributed by atoms with Crippen molar-refractivity contribution >= 4 is 27.8 Å². The van der Waals surface area contributed by atoms with Gasteiger partial charge in [0.25, 0.3) is 0 Å². The summed E-state index contributed by atoms with van der Waals surface area (Å²) in [5.41, 5.74) is 2.05. The van der Waals surface area contributed by atoms with Crippen molar-refractivity contribution in [3.8, 4) is 0 Å². The van der Waals surface area contributed by atoms with E-state index < -0.39 is 12.0 Å². The third-order valence-electron chi connectivity index (χ3n) is 4.71. The molecule has 0 spiro atoms. The molecule has 21 heavy (non-hydrogen) atoms. The topological polar surface area (TPSA) is 57.6 Å². The zero-order valence-corrected chi connectivity index (χ0v) is 13.7. The molecule has 1 unspecified atom stereocenters. The number of nitrogens with zero attached hydrogens (tertiary/aromatic N) is 1. The van der Waals surface area contributed by atoms with E-state index in [1.165, 1.54) is 0 Å². The van der Waals surface area contributed by atoms with Gasteiger partial charge < -0.3 is 10.0 Å². The number of hydrogen-bond acceptors (Lipinski definition) is 2. The normalized spacial score (nSPS) is 26.1. The van der Waals surface area contributed by atoms with Crippen LogP contribution in [0.2, 0.25) is 0 Å². The van der Waals surface area contributed by atoms with E-state index in [1.54, 1.807) is 4.90 Å². The number of carbonyl (C=O) groups is 2. The van der Waals surface area contributed by atoms with Gasteiger partial charge in [-0.15, -0.1) is 0 Å². The molecule has 112 valence electrons. The zero-order valence-electron chi connectivity index (χ0n) is 12.1. The molecule has 1 aromatic carbocycles. The lowest BCUT2D eigenvalue weighted by Crippen LogP contribution is -2.49. The minimum absolute atomic E-state index is 0.0116. The van der Waals surface area contributed by atoms with Gasteiger partial charge in [0.1, 0.15) is 6.04 Å². The molecule has 1 aliphatic heterocycles. The van der Waals surface area contributed by atoms with E-state index in [0.717, 1.165) is 22.0 Å². The molecule has 1 N–H and O–H groups in total. The fraction of sp³-hybridized carbons (Fsp3) is 0.500. The molecule has 0 bridgehead atoms. The monoisotopic (exact) mass is 351 g/mol. The fourth-order valence-electron chi connectivity index (χ4n) is 3.12. The van der Waals surface area contributed by atoms with Gasteiger partial charge in [0.15, 0.2) is 0 Å². The molecule has 0 aromatic heterocycles. The Hall–Kier alpha value is -1.36. The van der Waals surface area contributed by atoms with E-state index in [4.69, 9.17) is 0 Å². The second kappa shape index (κ2) is 4.83. The first-order valence-corrected chi connectivity index (χ1v) is 7.90. The van der Waals surface area contributed by atoms with Gasteiger partial charge in [0.05, 0.1) is 0 Å². The van der Waals surface area contributed by atoms with E-state index in [2.05, 4.69) is 29.8 Å². The fourth-order valence-corrected chi connectivity index (χ4v) is 3.69. The predicted molar refractivity (Wildman–Crippen MR) is 81.7 cm³/mol. The summed E-state index contributed by atoms with van der Waals surface area (Å²) in [4.78, 5) is 25.8. The number of carboxylic acid groups (broad SMARTS) is 1. The van der Waals surface area contributed by atoms with Crippen LogP contribution in [-0.4, -0.2) is 27.9 Å². The maximum Gasteiger partial charge on any atom is 0.326 e. The van der Waals surface area contributed by atoms with Crippen molar-refractivity contribution in [2.45, 2.75) is 39.3 Å². The molecule has 2 atom stereocenters. The standard InChI is InChI=1S/C16H18BrNO3/c1-16(2)7-11(16)14(19)18-8-9-4-3-5-12(17)10(9)6-13(18)15(20)21/h3-5,11,13H,6-8H2,1-2H3,(H,20,21)/t11-,13?/m1/s1. The highest BCUT2D eigenvalue weighted by Crippen LogP contribution is 2.53. The lowest BCUT2D eigenvalue weighted by Gasteiger charge is -2.35. The van der Waals surface area contributed by atoms with Gasteiger partial charge in [-0.2, -0.15) is 0 Å². The first-order chi connectivity index (χ1) is 9.81. The Morgan fingerprint density at radius 2 is 2.05 bits per heavy atom. The molecule has 2 aliphatic rings. The molecule has 1 saturated carbocycles. The van der Waals surface area contributed by atoms with Gasteiger partial charge in [0, 0.05) is 23.4 Å². The zero-order chi connectivity index (χ0) is 15.4. The van der Waals surface area contributed by atoms with Crippen molar-refractivity contribution in [1.29, 1.82) is 0 Å². The van der Waals surface area contributed by atoms with Crippen LogP contribution in [0.5, 0.6) is 0 Å². The van der Waals surface area contributed by atoms with Gasteiger partial charge >= 0.3 is 5.97 Å². The Labute approximate surface area is 132 Å². The van der Waals surface area contributed by atoms with Crippen molar-refractivity contribution in [2.75, 3.05) is 0 Å². The number of carboxylic acids is 1. The summed E-state index contributed by atoms with van der Waals surface area (Å²) in [6.45, 7) is 4.50. The quantitative estimate of drug-likeness (QED) is 0.891. The summed E-state index contributed by atoms with van der Waals surface area (Å²) < 4.78 is 0.921. The van der Waals surface area contributed by atoms with E-state index >= 15 is 0 Å². The molecule has 0 radical (unpaired) electrons. The molecule has 0 saturated heterocycles. The minimum atomic E-state index is -0.928. The number of amides is 1. The highest BCUT2D eigenvalue weighted by molar-refractivity contribution is 9.10. The lowest BCUT2D eigenvalue weighted by atomic mass is 9.93. The number of carbonyl (C=O) groups excluding carboxylic acids is 1. The highest BCUT2D eigenvalue weighted by Gasteiger charge is 2.53. The highest BCUT2D eigenvalue weighted by atomic mass is 79.9. The van der Waals surface area contributed by atoms with Crippen LogP contribution < -0.4 is 0 Å². The Morgan fingerprint density at radius 3 is 2.62 bits per heavy atom. The second-order valence-corrected chi connectivity index (χ2v) is 7.50. The summed E-state index contributed by atoms with van der Waals surface area (Å²) >= 11 is 3.48. The summed E-state index contributed by atoms with van der Waals surface area (Å²) in [7, 11) is 0. The van der Waals surface area contributed by atoms with Gasteiger partial charge in [-0.3, -0.25) is 4.79 Å². The molecule has 4 nitrogen and oxygen atoms in total. The van der Waals surface area contributed by atoms with E-state index in [-0.39, 0.29) is 17.2 Å². The Morgan fingerprint density at radius 1 is 1.38 bits per heavy atom. The van der Waals surface area contributed by atoms with Crippen LogP contribution in [0.15, 0.2) is 22.7 Å². The number of halogens is 1. The lowest BCUT2D eigenvalue weighted by molar-refractivity contribution is -0.152. The van der Waals surface area contributed by atoms with Crippen LogP contribution in [0.4, 0.5) is 0 Å². The number of hydrogen-bond donors (Lipinski definition) is 1. The summed E-state index contributed by atoms with van der Waals surface area (Å²) in [6, 6.07) is 5.05. The van der Waals surface area contributed by atoms with Crippen molar-refractivity contribution < 1.29 is 14.7 Å². The first-order valence-electron chi connectivity index (χ1n) is 7.11. The van der Waals surface area contributed by atoms with Gasteiger partial charge in [-0.05, 0) is 29.0 Å². The smallest absolute Gasteiger partial charge is 0.326 e. The average Bonchev–Trinajstić information content (AvgIpc) is 3.06. The van der Waals surface area contributed by atoms with Crippen molar-refractivity contribution in [2.24, 2.45) is 11.3 Å². The molecular weight excluding hydrogens is 334 g/mol. The Bertz CT molecular complexity index is 626. The van der Waals surface area contributed by atoms with Crippen LogP contribution in [0.25, 0.3) is 0 Å². The first kappa shape index (κ1) is 14.6. The molecule has 1 heterocycles.